The third-order valence-electron chi connectivity index (χ3n) is 4.06. The summed E-state index contributed by atoms with van der Waals surface area (Å²) in [7, 11) is 3.07. The summed E-state index contributed by atoms with van der Waals surface area (Å²) in [5.41, 5.74) is 1.97. The quantitative estimate of drug-likeness (QED) is 0.568. The normalized spacial score (nSPS) is 12.9. The van der Waals surface area contributed by atoms with Crippen molar-refractivity contribution in [2.75, 3.05) is 32.6 Å². The number of carboxylic acids is 2. The largest absolute Gasteiger partial charge is 0.495 e. The lowest BCUT2D eigenvalue weighted by atomic mass is 10.1. The van der Waals surface area contributed by atoms with Gasteiger partial charge in [-0.25, -0.2) is 14.4 Å². The first-order chi connectivity index (χ1) is 13.2. The highest BCUT2D eigenvalue weighted by atomic mass is 16.5. The fraction of sp³-hybridized carbons (Fsp3) is 0.444. The predicted octanol–water partition coefficient (Wildman–Crippen LogP) is 1.54. The predicted molar refractivity (Wildman–Crippen MR) is 101 cm³/mol. The topological polar surface area (TPSA) is 145 Å². The number of likely N-dealkylation sites (tertiary alicyclic amines) is 1. The van der Waals surface area contributed by atoms with Crippen LogP contribution in [0, 0.1) is 6.92 Å². The number of carbonyl (C=O) groups excluding carboxylic acids is 2. The lowest BCUT2D eigenvalue weighted by Gasteiger charge is -2.27. The van der Waals surface area contributed by atoms with Crippen LogP contribution in [0.4, 0.5) is 10.5 Å². The van der Waals surface area contributed by atoms with Crippen molar-refractivity contribution in [3.63, 3.8) is 0 Å². The number of rotatable bonds is 3. The molecule has 0 saturated carbocycles. The van der Waals surface area contributed by atoms with Gasteiger partial charge in [0.1, 0.15) is 5.75 Å². The fourth-order valence-electron chi connectivity index (χ4n) is 2.66. The zero-order valence-electron chi connectivity index (χ0n) is 16.1. The molecule has 0 aliphatic carbocycles. The van der Waals surface area contributed by atoms with Crippen molar-refractivity contribution in [2.24, 2.45) is 0 Å². The van der Waals surface area contributed by atoms with Crippen molar-refractivity contribution in [1.82, 2.24) is 10.2 Å². The monoisotopic (exact) mass is 395 g/mol. The van der Waals surface area contributed by atoms with E-state index in [0.717, 1.165) is 31.5 Å². The van der Waals surface area contributed by atoms with Gasteiger partial charge < -0.3 is 30.5 Å². The Hall–Kier alpha value is -3.30. The van der Waals surface area contributed by atoms with E-state index in [4.69, 9.17) is 24.5 Å². The zero-order valence-corrected chi connectivity index (χ0v) is 16.1. The molecular weight excluding hydrogens is 370 g/mol. The van der Waals surface area contributed by atoms with Gasteiger partial charge >= 0.3 is 18.0 Å². The number of anilines is 1. The van der Waals surface area contributed by atoms with Crippen molar-refractivity contribution in [2.45, 2.75) is 26.2 Å². The van der Waals surface area contributed by atoms with Gasteiger partial charge in [0.2, 0.25) is 0 Å². The molecular formula is C18H25N3O7. The number of piperidine rings is 1. The Morgan fingerprint density at radius 3 is 2.07 bits per heavy atom. The van der Waals surface area contributed by atoms with Crippen molar-refractivity contribution in [3.8, 4) is 5.75 Å². The van der Waals surface area contributed by atoms with E-state index in [1.54, 1.807) is 19.2 Å². The molecule has 0 bridgehead atoms. The summed E-state index contributed by atoms with van der Waals surface area (Å²) in [6.07, 6.45) is 3.29. The number of benzene rings is 1. The van der Waals surface area contributed by atoms with Gasteiger partial charge in [-0.2, -0.15) is 0 Å². The number of urea groups is 1. The van der Waals surface area contributed by atoms with Gasteiger partial charge in [0.25, 0.3) is 5.91 Å². The molecule has 1 aromatic rings. The Bertz CT molecular complexity index is 731. The molecule has 3 amide bonds. The Kier molecular flexibility index (Phi) is 8.73. The summed E-state index contributed by atoms with van der Waals surface area (Å²) in [5.74, 6) is -3.14. The number of ether oxygens (including phenoxy) is 1. The highest BCUT2D eigenvalue weighted by Crippen LogP contribution is 2.30. The maximum atomic E-state index is 12.6. The van der Waals surface area contributed by atoms with Gasteiger partial charge in [-0.05, 0) is 43.9 Å². The molecule has 0 aromatic heterocycles. The highest BCUT2D eigenvalue weighted by Gasteiger charge is 2.21. The maximum Gasteiger partial charge on any atom is 0.414 e. The number of nitrogens with zero attached hydrogens (tertiary/aromatic N) is 1. The molecule has 154 valence electrons. The Labute approximate surface area is 162 Å². The molecule has 1 aliphatic rings. The molecule has 0 atom stereocenters. The van der Waals surface area contributed by atoms with Crippen molar-refractivity contribution < 1.29 is 34.1 Å². The molecule has 1 fully saturated rings. The molecule has 2 rings (SSSR count). The first kappa shape index (κ1) is 22.7. The van der Waals surface area contributed by atoms with Crippen LogP contribution in [0.2, 0.25) is 0 Å². The number of carboxylic acid groups (broad SMARTS) is 2. The third kappa shape index (κ3) is 6.45. The summed E-state index contributed by atoms with van der Waals surface area (Å²) in [6, 6.07) is 3.16. The molecule has 4 N–H and O–H groups in total. The molecule has 1 heterocycles. The molecule has 10 nitrogen and oxygen atoms in total. The second-order valence-corrected chi connectivity index (χ2v) is 6.04. The van der Waals surface area contributed by atoms with E-state index in [-0.39, 0.29) is 11.9 Å². The van der Waals surface area contributed by atoms with Gasteiger partial charge in [0, 0.05) is 25.7 Å². The van der Waals surface area contributed by atoms with Crippen LogP contribution in [0.3, 0.4) is 0 Å². The minimum atomic E-state index is -1.82. The van der Waals surface area contributed by atoms with E-state index in [9.17, 15) is 9.59 Å². The van der Waals surface area contributed by atoms with Crippen LogP contribution in [0.15, 0.2) is 12.1 Å². The van der Waals surface area contributed by atoms with E-state index in [2.05, 4.69) is 10.6 Å². The molecule has 0 radical (unpaired) electrons. The van der Waals surface area contributed by atoms with Crippen LogP contribution in [0.25, 0.3) is 0 Å². The number of hydrogen-bond donors (Lipinski definition) is 4. The molecule has 1 aliphatic heterocycles. The van der Waals surface area contributed by atoms with Crippen LogP contribution >= 0.6 is 0 Å². The van der Waals surface area contributed by atoms with Gasteiger partial charge in [0.05, 0.1) is 12.8 Å². The van der Waals surface area contributed by atoms with Crippen molar-refractivity contribution in [3.05, 3.63) is 23.3 Å². The number of aryl methyl sites for hydroxylation is 1. The second kappa shape index (κ2) is 10.8. The number of amides is 3. The van der Waals surface area contributed by atoms with Crippen molar-refractivity contribution in [1.29, 1.82) is 0 Å². The second-order valence-electron chi connectivity index (χ2n) is 6.04. The molecule has 1 saturated heterocycles. The number of nitrogens with one attached hydrogen (secondary N) is 2. The molecule has 28 heavy (non-hydrogen) atoms. The maximum absolute atomic E-state index is 12.6. The smallest absolute Gasteiger partial charge is 0.414 e. The van der Waals surface area contributed by atoms with E-state index in [0.29, 0.717) is 17.0 Å². The summed E-state index contributed by atoms with van der Waals surface area (Å²) in [5, 5.41) is 20.0. The van der Waals surface area contributed by atoms with Gasteiger partial charge in [-0.1, -0.05) is 0 Å². The van der Waals surface area contributed by atoms with Crippen molar-refractivity contribution >= 4 is 29.6 Å². The van der Waals surface area contributed by atoms with E-state index >= 15 is 0 Å². The average Bonchev–Trinajstić information content (AvgIpc) is 2.69. The van der Waals surface area contributed by atoms with Gasteiger partial charge in [-0.3, -0.25) is 4.79 Å². The summed E-state index contributed by atoms with van der Waals surface area (Å²) < 4.78 is 5.34. The van der Waals surface area contributed by atoms with Crippen LogP contribution in [-0.2, 0) is 9.59 Å². The zero-order chi connectivity index (χ0) is 21.3. The fourth-order valence-corrected chi connectivity index (χ4v) is 2.66. The van der Waals surface area contributed by atoms with Gasteiger partial charge in [-0.15, -0.1) is 0 Å². The standard InChI is InChI=1S/C16H23N3O3.C2H2O4/c1-11-9-12(15(20)19-7-5-4-6-8-19)10-13(22-3)14(11)18-16(21)17-2;3-1(4)2(5)6/h9-10H,4-8H2,1-3H3,(H2,17,18,21);(H,3,4)(H,5,6). The lowest BCUT2D eigenvalue weighted by molar-refractivity contribution is -0.159. The average molecular weight is 395 g/mol. The Morgan fingerprint density at radius 2 is 1.61 bits per heavy atom. The van der Waals surface area contributed by atoms with Crippen LogP contribution in [0.5, 0.6) is 5.75 Å². The molecule has 10 heteroatoms. The summed E-state index contributed by atoms with van der Waals surface area (Å²) in [6.45, 7) is 3.46. The lowest BCUT2D eigenvalue weighted by Crippen LogP contribution is -2.35. The van der Waals surface area contributed by atoms with E-state index in [1.807, 2.05) is 11.8 Å². The first-order valence-electron chi connectivity index (χ1n) is 8.64. The van der Waals surface area contributed by atoms with E-state index < -0.39 is 11.9 Å². The highest BCUT2D eigenvalue weighted by molar-refractivity contribution is 6.27. The molecule has 1 aromatic carbocycles. The first-order valence-corrected chi connectivity index (χ1v) is 8.64. The number of aliphatic carboxylic acids is 2. The summed E-state index contributed by atoms with van der Waals surface area (Å²) in [4.78, 5) is 44.2. The Morgan fingerprint density at radius 1 is 1.04 bits per heavy atom. The summed E-state index contributed by atoms with van der Waals surface area (Å²) >= 11 is 0. The van der Waals surface area contributed by atoms with E-state index in [1.165, 1.54) is 13.5 Å². The Balaban J connectivity index is 0.000000568. The minimum absolute atomic E-state index is 0.0209. The SMILES string of the molecule is CNC(=O)Nc1c(C)cc(C(=O)N2CCCCC2)cc1OC.O=C(O)C(=O)O. The van der Waals surface area contributed by atoms with Gasteiger partial charge in [0.15, 0.2) is 0 Å². The minimum Gasteiger partial charge on any atom is -0.495 e. The van der Waals surface area contributed by atoms with Crippen LogP contribution < -0.4 is 15.4 Å². The van der Waals surface area contributed by atoms with Crippen LogP contribution in [0.1, 0.15) is 35.2 Å². The molecule has 0 unspecified atom stereocenters. The number of methoxy groups -OCH3 is 1. The number of hydrogen-bond acceptors (Lipinski definition) is 5. The number of carbonyl (C=O) groups is 4. The third-order valence-corrected chi connectivity index (χ3v) is 4.06. The van der Waals surface area contributed by atoms with Crippen LogP contribution in [-0.4, -0.2) is 66.2 Å². The molecule has 0 spiro atoms.